The molecule has 0 bridgehead atoms. The van der Waals surface area contributed by atoms with Gasteiger partial charge in [0.1, 0.15) is 0 Å². The fourth-order valence-electron chi connectivity index (χ4n) is 1.77. The molecule has 0 radical (unpaired) electrons. The molecule has 1 saturated heterocycles. The van der Waals surface area contributed by atoms with Crippen molar-refractivity contribution in [1.82, 2.24) is 4.90 Å². The Morgan fingerprint density at radius 3 is 2.62 bits per heavy atom. The molecule has 1 fully saturated rings. The van der Waals surface area contributed by atoms with Crippen molar-refractivity contribution in [2.75, 3.05) is 13.1 Å². The third-order valence-corrected chi connectivity index (χ3v) is 3.04. The maximum Gasteiger partial charge on any atom is 0.253 e. The van der Waals surface area contributed by atoms with Crippen molar-refractivity contribution in [2.24, 2.45) is 0 Å². The highest BCUT2D eigenvalue weighted by molar-refractivity contribution is 6.21. The standard InChI is InChI=1S/C12H11ClN2O/c13-11-5-6-15(8-11)12(16)10-3-1-9(7-14)2-4-10/h1-4,11H,5-6,8H2. The minimum Gasteiger partial charge on any atom is -0.337 e. The predicted octanol–water partition coefficient (Wildman–Crippen LogP) is 2.01. The van der Waals surface area contributed by atoms with E-state index in [0.717, 1.165) is 6.42 Å². The Balaban J connectivity index is 2.12. The Hall–Kier alpha value is -1.53. The van der Waals surface area contributed by atoms with Crippen LogP contribution in [0.4, 0.5) is 0 Å². The first kappa shape index (κ1) is 11.0. The molecule has 82 valence electrons. The minimum absolute atomic E-state index is 0.00682. The fourth-order valence-corrected chi connectivity index (χ4v) is 2.04. The van der Waals surface area contributed by atoms with Gasteiger partial charge in [0.2, 0.25) is 0 Å². The van der Waals surface area contributed by atoms with E-state index in [4.69, 9.17) is 16.9 Å². The van der Waals surface area contributed by atoms with E-state index in [9.17, 15) is 4.79 Å². The van der Waals surface area contributed by atoms with Crippen LogP contribution in [-0.4, -0.2) is 29.3 Å². The minimum atomic E-state index is -0.00682. The maximum absolute atomic E-state index is 12.0. The predicted molar refractivity (Wildman–Crippen MR) is 61.3 cm³/mol. The number of alkyl halides is 1. The van der Waals surface area contributed by atoms with Crippen LogP contribution in [0.3, 0.4) is 0 Å². The number of carbonyl (C=O) groups is 1. The molecule has 3 nitrogen and oxygen atoms in total. The molecule has 1 unspecified atom stereocenters. The summed E-state index contributed by atoms with van der Waals surface area (Å²) >= 11 is 5.95. The molecular weight excluding hydrogens is 224 g/mol. The summed E-state index contributed by atoms with van der Waals surface area (Å²) in [6, 6.07) is 8.70. The third-order valence-electron chi connectivity index (χ3n) is 2.68. The lowest BCUT2D eigenvalue weighted by Gasteiger charge is -2.15. The first-order valence-corrected chi connectivity index (χ1v) is 5.58. The normalized spacial score (nSPS) is 19.5. The summed E-state index contributed by atoms with van der Waals surface area (Å²) < 4.78 is 0. The van der Waals surface area contributed by atoms with Gasteiger partial charge in [-0.1, -0.05) is 0 Å². The molecule has 0 aliphatic carbocycles. The number of hydrogen-bond donors (Lipinski definition) is 0. The molecule has 0 aromatic heterocycles. The number of likely N-dealkylation sites (tertiary alicyclic amines) is 1. The van der Waals surface area contributed by atoms with E-state index in [-0.39, 0.29) is 11.3 Å². The maximum atomic E-state index is 12.0. The van der Waals surface area contributed by atoms with Gasteiger partial charge in [-0.05, 0) is 30.7 Å². The second-order valence-corrected chi connectivity index (χ2v) is 4.44. The molecular formula is C12H11ClN2O. The molecule has 1 aromatic carbocycles. The first-order chi connectivity index (χ1) is 7.70. The Kier molecular flexibility index (Phi) is 3.12. The van der Waals surface area contributed by atoms with Crippen LogP contribution in [0, 0.1) is 11.3 Å². The van der Waals surface area contributed by atoms with Gasteiger partial charge in [-0.15, -0.1) is 11.6 Å². The summed E-state index contributed by atoms with van der Waals surface area (Å²) in [5, 5.41) is 8.72. The van der Waals surface area contributed by atoms with Gasteiger partial charge < -0.3 is 4.90 Å². The van der Waals surface area contributed by atoms with E-state index < -0.39 is 0 Å². The van der Waals surface area contributed by atoms with E-state index in [1.165, 1.54) is 0 Å². The number of hydrogen-bond acceptors (Lipinski definition) is 2. The van der Waals surface area contributed by atoms with Crippen LogP contribution < -0.4 is 0 Å². The van der Waals surface area contributed by atoms with Crippen LogP contribution in [0.15, 0.2) is 24.3 Å². The highest BCUT2D eigenvalue weighted by Crippen LogP contribution is 2.17. The molecule has 0 N–H and O–H groups in total. The number of nitrogens with zero attached hydrogens (tertiary/aromatic N) is 2. The van der Waals surface area contributed by atoms with Crippen LogP contribution in [-0.2, 0) is 0 Å². The Labute approximate surface area is 99.2 Å². The lowest BCUT2D eigenvalue weighted by molar-refractivity contribution is 0.0793. The molecule has 1 amide bonds. The van der Waals surface area contributed by atoms with Gasteiger partial charge in [0.15, 0.2) is 0 Å². The lowest BCUT2D eigenvalue weighted by Crippen LogP contribution is -2.28. The second kappa shape index (κ2) is 4.54. The van der Waals surface area contributed by atoms with Gasteiger partial charge in [0, 0.05) is 18.7 Å². The zero-order chi connectivity index (χ0) is 11.5. The van der Waals surface area contributed by atoms with Crippen molar-refractivity contribution >= 4 is 17.5 Å². The Bertz CT molecular complexity index is 435. The van der Waals surface area contributed by atoms with Gasteiger partial charge in [-0.25, -0.2) is 0 Å². The van der Waals surface area contributed by atoms with Crippen LogP contribution in [0.1, 0.15) is 22.3 Å². The van der Waals surface area contributed by atoms with Gasteiger partial charge in [-0.3, -0.25) is 4.79 Å². The van der Waals surface area contributed by atoms with Crippen molar-refractivity contribution < 1.29 is 4.79 Å². The monoisotopic (exact) mass is 234 g/mol. The largest absolute Gasteiger partial charge is 0.337 e. The molecule has 0 saturated carbocycles. The van der Waals surface area contributed by atoms with E-state index in [0.29, 0.717) is 24.2 Å². The average molecular weight is 235 g/mol. The van der Waals surface area contributed by atoms with Crippen LogP contribution in [0.2, 0.25) is 0 Å². The summed E-state index contributed by atoms with van der Waals surface area (Å²) in [7, 11) is 0. The van der Waals surface area contributed by atoms with Crippen molar-refractivity contribution in [3.05, 3.63) is 35.4 Å². The van der Waals surface area contributed by atoms with E-state index in [1.807, 2.05) is 6.07 Å². The van der Waals surface area contributed by atoms with Gasteiger partial charge in [0.25, 0.3) is 5.91 Å². The van der Waals surface area contributed by atoms with Crippen molar-refractivity contribution in [2.45, 2.75) is 11.8 Å². The first-order valence-electron chi connectivity index (χ1n) is 5.14. The van der Waals surface area contributed by atoms with Crippen molar-refractivity contribution in [3.8, 4) is 6.07 Å². The summed E-state index contributed by atoms with van der Waals surface area (Å²) in [4.78, 5) is 13.7. The molecule has 16 heavy (non-hydrogen) atoms. The molecule has 1 aliphatic heterocycles. The third kappa shape index (κ3) is 2.17. The number of benzene rings is 1. The topological polar surface area (TPSA) is 44.1 Å². The molecule has 0 spiro atoms. The van der Waals surface area contributed by atoms with Crippen molar-refractivity contribution in [3.63, 3.8) is 0 Å². The number of amides is 1. The van der Waals surface area contributed by atoms with Crippen LogP contribution in [0.25, 0.3) is 0 Å². The number of carbonyl (C=O) groups excluding carboxylic acids is 1. The second-order valence-electron chi connectivity index (χ2n) is 3.83. The number of nitriles is 1. The summed E-state index contributed by atoms with van der Waals surface area (Å²) in [6.07, 6.45) is 0.851. The molecule has 2 rings (SSSR count). The fraction of sp³-hybridized carbons (Fsp3) is 0.333. The molecule has 4 heteroatoms. The molecule has 1 aromatic rings. The summed E-state index contributed by atoms with van der Waals surface area (Å²) in [5.74, 6) is -0.00682. The van der Waals surface area contributed by atoms with Crippen LogP contribution in [0.5, 0.6) is 0 Å². The highest BCUT2D eigenvalue weighted by Gasteiger charge is 2.25. The summed E-state index contributed by atoms with van der Waals surface area (Å²) in [6.45, 7) is 1.33. The van der Waals surface area contributed by atoms with E-state index in [2.05, 4.69) is 0 Å². The smallest absolute Gasteiger partial charge is 0.253 e. The highest BCUT2D eigenvalue weighted by atomic mass is 35.5. The molecule has 1 aliphatic rings. The van der Waals surface area contributed by atoms with E-state index in [1.54, 1.807) is 29.2 Å². The number of halogens is 1. The van der Waals surface area contributed by atoms with E-state index >= 15 is 0 Å². The van der Waals surface area contributed by atoms with Crippen molar-refractivity contribution in [1.29, 1.82) is 5.26 Å². The lowest BCUT2D eigenvalue weighted by atomic mass is 10.1. The average Bonchev–Trinajstić information content (AvgIpc) is 2.75. The van der Waals surface area contributed by atoms with Gasteiger partial charge in [-0.2, -0.15) is 5.26 Å². The number of rotatable bonds is 1. The van der Waals surface area contributed by atoms with Crippen LogP contribution >= 0.6 is 11.6 Å². The Morgan fingerprint density at radius 1 is 1.44 bits per heavy atom. The van der Waals surface area contributed by atoms with Gasteiger partial charge in [0.05, 0.1) is 17.0 Å². The SMILES string of the molecule is N#Cc1ccc(C(=O)N2CCC(Cl)C2)cc1. The zero-order valence-electron chi connectivity index (χ0n) is 8.69. The Morgan fingerprint density at radius 2 is 2.12 bits per heavy atom. The summed E-state index contributed by atoms with van der Waals surface area (Å²) in [5.41, 5.74) is 1.18. The quantitative estimate of drug-likeness (QED) is 0.698. The molecule has 1 atom stereocenters. The van der Waals surface area contributed by atoms with Gasteiger partial charge >= 0.3 is 0 Å². The zero-order valence-corrected chi connectivity index (χ0v) is 9.44. The molecule has 1 heterocycles.